The molecule has 0 saturated carbocycles. The molecule has 0 fully saturated rings. The van der Waals surface area contributed by atoms with E-state index in [9.17, 15) is 0 Å². The zero-order chi connectivity index (χ0) is 39.9. The maximum atomic E-state index is 5.56. The third-order valence-corrected chi connectivity index (χ3v) is 13.9. The third-order valence-electron chi connectivity index (χ3n) is 10.8. The highest BCUT2D eigenvalue weighted by Gasteiger charge is 2.23. The van der Waals surface area contributed by atoms with Crippen LogP contribution in [0.15, 0.2) is 129 Å². The molecule has 0 saturated heterocycles. The summed E-state index contributed by atoms with van der Waals surface area (Å²) in [6, 6.07) is 39.6. The van der Waals surface area contributed by atoms with Gasteiger partial charge in [-0.1, -0.05) is 71.8 Å². The molecule has 58 heavy (non-hydrogen) atoms. The lowest BCUT2D eigenvalue weighted by Gasteiger charge is -2.14. The molecular weight excluding hydrogens is 785 g/mol. The minimum absolute atomic E-state index is 0.910. The fourth-order valence-electron chi connectivity index (χ4n) is 7.97. The van der Waals surface area contributed by atoms with Crippen molar-refractivity contribution in [3.63, 3.8) is 0 Å². The molecule has 286 valence electrons. The summed E-state index contributed by atoms with van der Waals surface area (Å²) >= 11 is 7.06. The molecule has 3 aromatic heterocycles. The fraction of sp³-hybridized carbons (Fsp3) is 0.120. The van der Waals surface area contributed by atoms with Crippen molar-refractivity contribution in [2.75, 3.05) is 25.0 Å². The van der Waals surface area contributed by atoms with E-state index in [4.69, 9.17) is 9.97 Å². The molecule has 7 aromatic rings. The molecule has 8 bridgehead atoms. The van der Waals surface area contributed by atoms with E-state index in [1.807, 2.05) is 0 Å². The van der Waals surface area contributed by atoms with Gasteiger partial charge >= 0.3 is 0 Å². The Morgan fingerprint density at radius 1 is 0.345 bits per heavy atom. The van der Waals surface area contributed by atoms with Crippen LogP contribution in [0.2, 0.25) is 0 Å². The van der Waals surface area contributed by atoms with Gasteiger partial charge in [0.1, 0.15) is 0 Å². The zero-order valence-corrected chi connectivity index (χ0v) is 36.5. The van der Waals surface area contributed by atoms with Crippen LogP contribution in [0.4, 0.5) is 0 Å². The molecule has 0 spiro atoms. The molecule has 0 aliphatic carbocycles. The van der Waals surface area contributed by atoms with Crippen LogP contribution in [0.3, 0.4) is 0 Å². The number of nitrogens with zero attached hydrogens (tertiary/aromatic N) is 2. The number of H-pyrrole nitrogens is 2. The van der Waals surface area contributed by atoms with Gasteiger partial charge in [-0.3, -0.25) is 0 Å². The lowest BCUT2D eigenvalue weighted by atomic mass is 10.0. The van der Waals surface area contributed by atoms with Crippen molar-refractivity contribution in [2.24, 2.45) is 0 Å². The topological polar surface area (TPSA) is 57.4 Å². The van der Waals surface area contributed by atoms with Crippen molar-refractivity contribution in [1.82, 2.24) is 19.9 Å². The van der Waals surface area contributed by atoms with Crippen LogP contribution in [0.25, 0.3) is 90.9 Å². The fourth-order valence-corrected chi connectivity index (χ4v) is 10.6. The Kier molecular flexibility index (Phi) is 10.8. The average Bonchev–Trinajstić information content (AvgIpc) is 4.10. The predicted octanol–water partition coefficient (Wildman–Crippen LogP) is 14.8. The highest BCUT2D eigenvalue weighted by molar-refractivity contribution is 8.00. The normalized spacial score (nSPS) is 12.1. The van der Waals surface area contributed by atoms with Crippen LogP contribution in [-0.4, -0.2) is 45.0 Å². The van der Waals surface area contributed by atoms with Crippen molar-refractivity contribution < 1.29 is 0 Å². The number of rotatable bonds is 8. The number of fused-ring (bicyclic) bond motifs is 8. The lowest BCUT2D eigenvalue weighted by molar-refractivity contribution is 1.27. The summed E-state index contributed by atoms with van der Waals surface area (Å²) in [5.74, 6) is 0. The number of nitrogens with one attached hydrogen (secondary N) is 2. The molecule has 0 radical (unpaired) electrons. The van der Waals surface area contributed by atoms with Crippen LogP contribution in [0.5, 0.6) is 0 Å². The first-order chi connectivity index (χ1) is 28.4. The Labute approximate surface area is 357 Å². The number of benzene rings is 4. The Hall–Kier alpha value is -5.12. The van der Waals surface area contributed by atoms with Gasteiger partial charge in [0.05, 0.1) is 22.8 Å². The van der Waals surface area contributed by atoms with Gasteiger partial charge in [0.2, 0.25) is 0 Å². The number of hydrogen-bond acceptors (Lipinski definition) is 6. The SMILES string of the molecule is CSc1cccc(SC)c1-c1c2nc(c(-c3ccc(C)cc3)c3ccc([nH]3)c(-c3c(SC)cccc3SC)c3nc(c(-c4ccc(C)cc4)c4ccc1[nH]4)C=C3)C=C2. The highest BCUT2D eigenvalue weighted by atomic mass is 32.2. The molecule has 2 N–H and O–H groups in total. The maximum Gasteiger partial charge on any atom is 0.0738 e. The summed E-state index contributed by atoms with van der Waals surface area (Å²) in [6.45, 7) is 4.27. The first-order valence-electron chi connectivity index (χ1n) is 19.1. The molecule has 4 aromatic carbocycles. The second-order valence-corrected chi connectivity index (χ2v) is 17.7. The molecule has 0 amide bonds. The lowest BCUT2D eigenvalue weighted by Crippen LogP contribution is -1.93. The number of hydrogen-bond donors (Lipinski definition) is 2. The first-order valence-corrected chi connectivity index (χ1v) is 24.0. The molecule has 9 rings (SSSR count). The van der Waals surface area contributed by atoms with Crippen LogP contribution in [0, 0.1) is 13.8 Å². The monoisotopic (exact) mass is 826 g/mol. The summed E-state index contributed by atoms with van der Waals surface area (Å²) in [5.41, 5.74) is 18.9. The predicted molar refractivity (Wildman–Crippen MR) is 257 cm³/mol. The maximum absolute atomic E-state index is 5.56. The quantitative estimate of drug-likeness (QED) is 0.149. The van der Waals surface area contributed by atoms with Crippen molar-refractivity contribution in [3.8, 4) is 44.5 Å². The van der Waals surface area contributed by atoms with E-state index in [1.54, 1.807) is 47.0 Å². The number of aryl methyl sites for hydroxylation is 2. The Bertz CT molecular complexity index is 2710. The molecule has 5 heterocycles. The average molecular weight is 827 g/mol. The summed E-state index contributed by atoms with van der Waals surface area (Å²) in [6.07, 6.45) is 17.4. The second kappa shape index (κ2) is 16.3. The van der Waals surface area contributed by atoms with E-state index in [2.05, 4.69) is 182 Å². The van der Waals surface area contributed by atoms with Crippen molar-refractivity contribution in [2.45, 2.75) is 33.4 Å². The zero-order valence-electron chi connectivity index (χ0n) is 33.2. The van der Waals surface area contributed by atoms with Crippen molar-refractivity contribution in [3.05, 3.63) is 143 Å². The van der Waals surface area contributed by atoms with Crippen LogP contribution in [0.1, 0.15) is 33.9 Å². The van der Waals surface area contributed by atoms with E-state index < -0.39 is 0 Å². The minimum Gasteiger partial charge on any atom is -0.354 e. The summed E-state index contributed by atoms with van der Waals surface area (Å²) in [4.78, 5) is 23.8. The van der Waals surface area contributed by atoms with E-state index in [0.717, 1.165) is 78.2 Å². The van der Waals surface area contributed by atoms with Crippen LogP contribution < -0.4 is 0 Å². The molecule has 2 aliphatic heterocycles. The number of thioether (sulfide) groups is 4. The Morgan fingerprint density at radius 2 is 0.638 bits per heavy atom. The summed E-state index contributed by atoms with van der Waals surface area (Å²) in [5, 5.41) is 0. The van der Waals surface area contributed by atoms with E-state index in [-0.39, 0.29) is 0 Å². The molecule has 0 unspecified atom stereocenters. The molecule has 8 heteroatoms. The van der Waals surface area contributed by atoms with Gasteiger partial charge in [0, 0.05) is 75.0 Å². The van der Waals surface area contributed by atoms with Crippen molar-refractivity contribution in [1.29, 1.82) is 0 Å². The standard InChI is InChI=1S/C50H42N4S4/c1-29-13-17-31(18-14-29)45-33-21-25-37(51-33)47(49-41(55-3)9-7-10-42(49)56-4)39-27-23-35(53-39)46(32-19-15-30(2)16-20-32)36-24-28-40(54-36)48(38-26-22-34(45)52-38)50-43(57-5)11-8-12-44(50)58-6/h7-28,51,54H,1-6H3. The van der Waals surface area contributed by atoms with Gasteiger partial charge in [-0.05, 0) is 123 Å². The smallest absolute Gasteiger partial charge is 0.0738 e. The van der Waals surface area contributed by atoms with Gasteiger partial charge in [0.25, 0.3) is 0 Å². The van der Waals surface area contributed by atoms with Gasteiger partial charge in [-0.15, -0.1) is 47.0 Å². The Balaban J connectivity index is 1.51. The molecule has 0 atom stereocenters. The van der Waals surface area contributed by atoms with E-state index in [0.29, 0.717) is 0 Å². The minimum atomic E-state index is 0.910. The molecule has 4 nitrogen and oxygen atoms in total. The number of aromatic amines is 2. The van der Waals surface area contributed by atoms with Gasteiger partial charge in [-0.2, -0.15) is 0 Å². The van der Waals surface area contributed by atoms with Gasteiger partial charge in [-0.25, -0.2) is 9.97 Å². The highest BCUT2D eigenvalue weighted by Crippen LogP contribution is 2.45. The number of aromatic nitrogens is 4. The van der Waals surface area contributed by atoms with Gasteiger partial charge < -0.3 is 9.97 Å². The molecular formula is C50H42N4S4. The summed E-state index contributed by atoms with van der Waals surface area (Å²) in [7, 11) is 0. The van der Waals surface area contributed by atoms with E-state index in [1.165, 1.54) is 41.8 Å². The van der Waals surface area contributed by atoms with Crippen LogP contribution in [-0.2, 0) is 0 Å². The van der Waals surface area contributed by atoms with Crippen LogP contribution >= 0.6 is 47.0 Å². The third kappa shape index (κ3) is 6.96. The van der Waals surface area contributed by atoms with Crippen molar-refractivity contribution >= 4 is 93.4 Å². The first kappa shape index (κ1) is 38.4. The largest absolute Gasteiger partial charge is 0.354 e. The second-order valence-electron chi connectivity index (χ2n) is 14.3. The Morgan fingerprint density at radius 3 is 0.948 bits per heavy atom. The van der Waals surface area contributed by atoms with Gasteiger partial charge in [0.15, 0.2) is 0 Å². The summed E-state index contributed by atoms with van der Waals surface area (Å²) < 4.78 is 0. The van der Waals surface area contributed by atoms with E-state index >= 15 is 0 Å². The molecule has 2 aliphatic rings.